The van der Waals surface area contributed by atoms with E-state index in [2.05, 4.69) is 5.32 Å². The number of fused-ring (bicyclic) bond motifs is 1. The Hall–Kier alpha value is -4.08. The fraction of sp³-hybridized carbons (Fsp3) is 0.323. The average Bonchev–Trinajstić information content (AvgIpc) is 3.07. The number of carbonyl (C=O) groups is 3. The molecule has 4 rings (SSSR count). The van der Waals surface area contributed by atoms with E-state index in [1.807, 2.05) is 26.0 Å². The number of Topliss-reactive ketones (excluding diaryl/α,β-unsaturated/α-hetero) is 1. The van der Waals surface area contributed by atoms with Crippen molar-refractivity contribution in [1.29, 1.82) is 0 Å². The number of nitrogens with zero attached hydrogens (tertiary/aromatic N) is 1. The van der Waals surface area contributed by atoms with Crippen molar-refractivity contribution in [3.05, 3.63) is 101 Å². The highest BCUT2D eigenvalue weighted by atomic mass is 19.4. The molecule has 0 bridgehead atoms. The number of rotatable bonds is 8. The Balaban J connectivity index is 1.65. The average molecular weight is 573 g/mol. The van der Waals surface area contributed by atoms with Gasteiger partial charge in [0.15, 0.2) is 5.78 Å². The summed E-state index contributed by atoms with van der Waals surface area (Å²) in [6.07, 6.45) is -7.44. The van der Waals surface area contributed by atoms with E-state index in [9.17, 15) is 31.9 Å². The maximum Gasteiger partial charge on any atom is 0.417 e. The van der Waals surface area contributed by atoms with Crippen LogP contribution in [-0.2, 0) is 22.2 Å². The van der Waals surface area contributed by atoms with Crippen LogP contribution in [0, 0.1) is 11.7 Å². The van der Waals surface area contributed by atoms with Crippen LogP contribution in [0.4, 0.5) is 27.6 Å². The second-order valence-corrected chi connectivity index (χ2v) is 10.3. The van der Waals surface area contributed by atoms with Gasteiger partial charge in [0.2, 0.25) is 11.8 Å². The van der Waals surface area contributed by atoms with E-state index in [0.717, 1.165) is 5.56 Å². The lowest BCUT2D eigenvalue weighted by molar-refractivity contribution is -0.138. The van der Waals surface area contributed by atoms with E-state index in [0.29, 0.717) is 24.2 Å². The van der Waals surface area contributed by atoms with E-state index in [-0.39, 0.29) is 24.1 Å². The minimum atomic E-state index is -5.05. The molecule has 1 heterocycles. The van der Waals surface area contributed by atoms with Gasteiger partial charge in [-0.1, -0.05) is 48.5 Å². The molecule has 2 amide bonds. The highest BCUT2D eigenvalue weighted by Gasteiger charge is 2.40. The van der Waals surface area contributed by atoms with Crippen molar-refractivity contribution in [3.63, 3.8) is 0 Å². The molecule has 1 unspecified atom stereocenters. The SMILES string of the molecule is CC(C)N1C(=O)[C@H](NC(=O)[C@H](CC(=O)c2ccc(F)cc2C(F)(F)F)C(F)c2ccccc2)CCc2ccccc21. The Bertz CT molecular complexity index is 1420. The number of hydrogen-bond acceptors (Lipinski definition) is 3. The molecule has 3 aromatic rings. The molecule has 10 heteroatoms. The fourth-order valence-electron chi connectivity index (χ4n) is 5.11. The minimum absolute atomic E-state index is 0.0407. The van der Waals surface area contributed by atoms with Gasteiger partial charge in [0.1, 0.15) is 18.0 Å². The first kappa shape index (κ1) is 29.9. The molecule has 216 valence electrons. The normalized spacial score (nSPS) is 17.0. The number of anilines is 1. The number of ketones is 1. The van der Waals surface area contributed by atoms with Crippen LogP contribution in [0.2, 0.25) is 0 Å². The summed E-state index contributed by atoms with van der Waals surface area (Å²) in [6.45, 7) is 3.63. The Morgan fingerprint density at radius 2 is 1.66 bits per heavy atom. The van der Waals surface area contributed by atoms with Gasteiger partial charge >= 0.3 is 6.18 Å². The van der Waals surface area contributed by atoms with Crippen molar-refractivity contribution < 1.29 is 36.3 Å². The van der Waals surface area contributed by atoms with Gasteiger partial charge in [0.05, 0.1) is 11.5 Å². The van der Waals surface area contributed by atoms with Crippen molar-refractivity contribution in [2.75, 3.05) is 4.90 Å². The zero-order valence-corrected chi connectivity index (χ0v) is 22.4. The van der Waals surface area contributed by atoms with Crippen LogP contribution < -0.4 is 10.2 Å². The number of aryl methyl sites for hydroxylation is 1. The summed E-state index contributed by atoms with van der Waals surface area (Å²) >= 11 is 0. The van der Waals surface area contributed by atoms with Crippen molar-refractivity contribution >= 4 is 23.3 Å². The van der Waals surface area contributed by atoms with Crippen LogP contribution in [0.3, 0.4) is 0 Å². The summed E-state index contributed by atoms with van der Waals surface area (Å²) < 4.78 is 70.3. The van der Waals surface area contributed by atoms with Gasteiger partial charge in [-0.25, -0.2) is 8.78 Å². The molecule has 1 aliphatic rings. The molecule has 1 N–H and O–H groups in total. The molecule has 0 spiro atoms. The molecule has 0 fully saturated rings. The Morgan fingerprint density at radius 3 is 2.32 bits per heavy atom. The molecule has 0 radical (unpaired) electrons. The van der Waals surface area contributed by atoms with Gasteiger partial charge in [0.25, 0.3) is 0 Å². The van der Waals surface area contributed by atoms with Gasteiger partial charge < -0.3 is 10.2 Å². The standard InChI is InChI=1S/C31H29F5N2O3/c1-18(2)38-26-11-7-6-8-19(26)12-15-25(30(38)41)37-29(40)23(28(33)20-9-4-3-5-10-20)17-27(39)22-14-13-21(32)16-24(22)31(34,35)36/h3-11,13-14,16,18,23,25,28H,12,15,17H2,1-2H3,(H,37,40)/t23-,25-,28?/m1/s1. The molecule has 5 nitrogen and oxygen atoms in total. The predicted octanol–water partition coefficient (Wildman–Crippen LogP) is 6.62. The van der Waals surface area contributed by atoms with Crippen molar-refractivity contribution in [1.82, 2.24) is 5.32 Å². The molecule has 0 saturated heterocycles. The second kappa shape index (κ2) is 12.2. The van der Waals surface area contributed by atoms with Crippen LogP contribution in [0.5, 0.6) is 0 Å². The number of para-hydroxylation sites is 1. The number of alkyl halides is 4. The third kappa shape index (κ3) is 6.64. The van der Waals surface area contributed by atoms with Gasteiger partial charge in [-0.2, -0.15) is 13.2 Å². The monoisotopic (exact) mass is 572 g/mol. The highest BCUT2D eigenvalue weighted by Crippen LogP contribution is 2.36. The van der Waals surface area contributed by atoms with Gasteiger partial charge in [-0.3, -0.25) is 14.4 Å². The van der Waals surface area contributed by atoms with Crippen molar-refractivity contribution in [2.24, 2.45) is 5.92 Å². The van der Waals surface area contributed by atoms with Crippen LogP contribution in [0.15, 0.2) is 72.8 Å². The lowest BCUT2D eigenvalue weighted by Crippen LogP contribution is -2.52. The van der Waals surface area contributed by atoms with Crippen molar-refractivity contribution in [2.45, 2.75) is 57.5 Å². The lowest BCUT2D eigenvalue weighted by Gasteiger charge is -2.30. The molecular weight excluding hydrogens is 543 g/mol. The Kier molecular flexibility index (Phi) is 8.89. The molecule has 3 aromatic carbocycles. The highest BCUT2D eigenvalue weighted by molar-refractivity contribution is 6.03. The largest absolute Gasteiger partial charge is 0.417 e. The van der Waals surface area contributed by atoms with E-state index in [4.69, 9.17) is 0 Å². The maximum atomic E-state index is 15.9. The summed E-state index contributed by atoms with van der Waals surface area (Å²) in [7, 11) is 0. The number of halogens is 5. The third-order valence-corrected chi connectivity index (χ3v) is 7.12. The first-order chi connectivity index (χ1) is 19.4. The molecule has 1 aliphatic heterocycles. The van der Waals surface area contributed by atoms with Crippen LogP contribution in [-0.4, -0.2) is 29.7 Å². The summed E-state index contributed by atoms with van der Waals surface area (Å²) in [6, 6.07) is 15.0. The first-order valence-corrected chi connectivity index (χ1v) is 13.2. The van der Waals surface area contributed by atoms with E-state index < -0.39 is 65.3 Å². The first-order valence-electron chi connectivity index (χ1n) is 13.2. The second-order valence-electron chi connectivity index (χ2n) is 10.3. The van der Waals surface area contributed by atoms with Crippen LogP contribution in [0.25, 0.3) is 0 Å². The Labute approximate surface area is 234 Å². The molecule has 41 heavy (non-hydrogen) atoms. The predicted molar refractivity (Wildman–Crippen MR) is 143 cm³/mol. The van der Waals surface area contributed by atoms with Gasteiger partial charge in [-0.15, -0.1) is 0 Å². The summed E-state index contributed by atoms with van der Waals surface area (Å²) in [4.78, 5) is 41.8. The van der Waals surface area contributed by atoms with E-state index >= 15 is 4.39 Å². The van der Waals surface area contributed by atoms with Crippen LogP contribution >= 0.6 is 0 Å². The zero-order valence-electron chi connectivity index (χ0n) is 22.4. The lowest BCUT2D eigenvalue weighted by atomic mass is 9.88. The molecule has 3 atom stereocenters. The van der Waals surface area contributed by atoms with E-state index in [1.54, 1.807) is 23.1 Å². The summed E-state index contributed by atoms with van der Waals surface area (Å²) in [5.41, 5.74) is -0.759. The topological polar surface area (TPSA) is 66.5 Å². The van der Waals surface area contributed by atoms with Gasteiger partial charge in [-0.05, 0) is 62.1 Å². The fourth-order valence-corrected chi connectivity index (χ4v) is 5.11. The van der Waals surface area contributed by atoms with Gasteiger partial charge in [0, 0.05) is 23.7 Å². The smallest absolute Gasteiger partial charge is 0.344 e. The quantitative estimate of drug-likeness (QED) is 0.244. The number of amides is 2. The van der Waals surface area contributed by atoms with Crippen molar-refractivity contribution in [3.8, 4) is 0 Å². The molecule has 0 aromatic heterocycles. The Morgan fingerprint density at radius 1 is 1.00 bits per heavy atom. The van der Waals surface area contributed by atoms with Crippen LogP contribution in [0.1, 0.15) is 59.9 Å². The molecule has 0 aliphatic carbocycles. The number of benzene rings is 3. The molecule has 0 saturated carbocycles. The maximum absolute atomic E-state index is 15.9. The third-order valence-electron chi connectivity index (χ3n) is 7.12. The number of hydrogen-bond donors (Lipinski definition) is 1. The summed E-state index contributed by atoms with van der Waals surface area (Å²) in [5.74, 6) is -5.55. The summed E-state index contributed by atoms with van der Waals surface area (Å²) in [5, 5.41) is 2.59. The minimum Gasteiger partial charge on any atom is -0.344 e. The zero-order chi connectivity index (χ0) is 29.9. The number of nitrogens with one attached hydrogen (secondary N) is 1. The molecular formula is C31H29F5N2O3. The van der Waals surface area contributed by atoms with E-state index in [1.165, 1.54) is 24.3 Å². The number of carbonyl (C=O) groups excluding carboxylic acids is 3.